The Hall–Kier alpha value is -3.28. The zero-order chi connectivity index (χ0) is 16.8. The molecule has 0 bridgehead atoms. The minimum absolute atomic E-state index is 0.0165. The molecular weight excluding hydrogens is 318 g/mol. The molecule has 0 spiro atoms. The molecule has 2 aliphatic rings. The van der Waals surface area contributed by atoms with Crippen LogP contribution in [0.5, 0.6) is 11.5 Å². The van der Waals surface area contributed by atoms with E-state index in [1.165, 1.54) is 0 Å². The van der Waals surface area contributed by atoms with Crippen molar-refractivity contribution in [2.45, 2.75) is 12.3 Å². The lowest BCUT2D eigenvalue weighted by Gasteiger charge is -2.26. The number of anilines is 1. The van der Waals surface area contributed by atoms with Crippen molar-refractivity contribution < 1.29 is 14.3 Å². The van der Waals surface area contributed by atoms with Gasteiger partial charge in [0.25, 0.3) is 0 Å². The van der Waals surface area contributed by atoms with Crippen LogP contribution in [-0.4, -0.2) is 22.5 Å². The van der Waals surface area contributed by atoms with Crippen LogP contribution in [-0.2, 0) is 4.79 Å². The molecule has 5 rings (SSSR count). The fraction of sp³-hybridized carbons (Fsp3) is 0.158. The molecule has 0 saturated carbocycles. The van der Waals surface area contributed by atoms with Crippen LogP contribution in [0.2, 0.25) is 0 Å². The molecule has 25 heavy (non-hydrogen) atoms. The maximum Gasteiger partial charge on any atom is 0.231 e. The number of carbonyl (C=O) groups is 1. The lowest BCUT2D eigenvalue weighted by atomic mass is 9.87. The Kier molecular flexibility index (Phi) is 3.03. The lowest BCUT2D eigenvalue weighted by Crippen LogP contribution is -2.25. The average molecular weight is 333 g/mol. The Morgan fingerprint density at radius 2 is 1.88 bits per heavy atom. The molecule has 1 aromatic heterocycles. The number of benzene rings is 2. The van der Waals surface area contributed by atoms with Crippen LogP contribution in [0.1, 0.15) is 23.6 Å². The zero-order valence-electron chi connectivity index (χ0n) is 13.3. The fourth-order valence-electron chi connectivity index (χ4n) is 3.48. The third-order valence-electron chi connectivity index (χ3n) is 4.61. The molecule has 1 unspecified atom stereocenters. The van der Waals surface area contributed by atoms with Crippen LogP contribution in [0.4, 0.5) is 5.69 Å². The van der Waals surface area contributed by atoms with Crippen LogP contribution in [0, 0.1) is 0 Å². The van der Waals surface area contributed by atoms with E-state index in [1.54, 1.807) is 6.20 Å². The Balaban J connectivity index is 1.65. The van der Waals surface area contributed by atoms with Gasteiger partial charge in [-0.15, -0.1) is 0 Å². The van der Waals surface area contributed by atoms with E-state index < -0.39 is 0 Å². The van der Waals surface area contributed by atoms with Crippen molar-refractivity contribution in [3.05, 3.63) is 66.0 Å². The average Bonchev–Trinajstić information content (AvgIpc) is 3.29. The summed E-state index contributed by atoms with van der Waals surface area (Å²) in [5, 5.41) is 7.40. The van der Waals surface area contributed by atoms with Gasteiger partial charge in [0.15, 0.2) is 11.5 Å². The number of ether oxygens (including phenoxy) is 2. The molecule has 124 valence electrons. The van der Waals surface area contributed by atoms with Crippen molar-refractivity contribution >= 4 is 11.6 Å². The van der Waals surface area contributed by atoms with Gasteiger partial charge in [-0.05, 0) is 29.8 Å². The Morgan fingerprint density at radius 3 is 2.72 bits per heavy atom. The molecular formula is C19H15N3O3. The summed E-state index contributed by atoms with van der Waals surface area (Å²) in [6.07, 6.45) is 2.13. The van der Waals surface area contributed by atoms with Gasteiger partial charge in [-0.25, -0.2) is 4.68 Å². The van der Waals surface area contributed by atoms with E-state index in [0.29, 0.717) is 17.9 Å². The largest absolute Gasteiger partial charge is 0.454 e. The number of hydrogen-bond acceptors (Lipinski definition) is 4. The molecule has 0 saturated heterocycles. The molecule has 6 heteroatoms. The number of fused-ring (bicyclic) bond motifs is 2. The summed E-state index contributed by atoms with van der Waals surface area (Å²) in [6, 6.07) is 15.7. The van der Waals surface area contributed by atoms with Gasteiger partial charge >= 0.3 is 0 Å². The number of amides is 1. The fourth-order valence-corrected chi connectivity index (χ4v) is 3.48. The summed E-state index contributed by atoms with van der Waals surface area (Å²) < 4.78 is 12.8. The minimum atomic E-state index is -0.0963. The quantitative estimate of drug-likeness (QED) is 0.783. The second kappa shape index (κ2) is 5.37. The van der Waals surface area contributed by atoms with E-state index in [1.807, 2.05) is 53.2 Å². The van der Waals surface area contributed by atoms with Gasteiger partial charge in [-0.2, -0.15) is 5.10 Å². The summed E-state index contributed by atoms with van der Waals surface area (Å²) in [5.74, 6) is 1.26. The summed E-state index contributed by atoms with van der Waals surface area (Å²) in [7, 11) is 0. The third-order valence-corrected chi connectivity index (χ3v) is 4.61. The molecule has 6 nitrogen and oxygen atoms in total. The van der Waals surface area contributed by atoms with Crippen molar-refractivity contribution in [3.8, 4) is 17.2 Å². The number of nitrogens with zero attached hydrogens (tertiary/aromatic N) is 2. The normalized spacial score (nSPS) is 17.9. The summed E-state index contributed by atoms with van der Waals surface area (Å²) >= 11 is 0. The van der Waals surface area contributed by atoms with Gasteiger partial charge in [-0.3, -0.25) is 4.79 Å². The maximum atomic E-state index is 12.3. The monoisotopic (exact) mass is 333 g/mol. The second-order valence-corrected chi connectivity index (χ2v) is 6.10. The van der Waals surface area contributed by atoms with E-state index in [9.17, 15) is 4.79 Å². The first kappa shape index (κ1) is 14.1. The Labute approximate surface area is 144 Å². The van der Waals surface area contributed by atoms with Crippen molar-refractivity contribution in [2.75, 3.05) is 12.1 Å². The molecule has 1 atom stereocenters. The predicted octanol–water partition coefficient (Wildman–Crippen LogP) is 3.08. The molecule has 1 amide bonds. The highest BCUT2D eigenvalue weighted by molar-refractivity contribution is 5.96. The summed E-state index contributed by atoms with van der Waals surface area (Å²) in [6.45, 7) is 0.207. The van der Waals surface area contributed by atoms with Crippen LogP contribution in [0.25, 0.3) is 5.69 Å². The van der Waals surface area contributed by atoms with Crippen molar-refractivity contribution in [2.24, 2.45) is 0 Å². The first-order valence-electron chi connectivity index (χ1n) is 8.12. The number of para-hydroxylation sites is 1. The standard InChI is InChI=1S/C19H15N3O3/c23-19-9-14(13-8-17-18(25-11-24-17)10-15(13)21-19)16-6-7-20-22(16)12-4-2-1-3-5-12/h1-8,10,14H,9,11H2,(H,21,23). The van der Waals surface area contributed by atoms with Gasteiger partial charge in [0.1, 0.15) is 0 Å². The third kappa shape index (κ3) is 2.26. The zero-order valence-corrected chi connectivity index (χ0v) is 13.3. The predicted molar refractivity (Wildman–Crippen MR) is 91.2 cm³/mol. The number of rotatable bonds is 2. The van der Waals surface area contributed by atoms with Crippen LogP contribution in [0.3, 0.4) is 0 Å². The molecule has 2 aliphatic heterocycles. The molecule has 3 heterocycles. The van der Waals surface area contributed by atoms with E-state index >= 15 is 0 Å². The van der Waals surface area contributed by atoms with Crippen LogP contribution >= 0.6 is 0 Å². The number of nitrogens with one attached hydrogen (secondary N) is 1. The van der Waals surface area contributed by atoms with Crippen molar-refractivity contribution in [3.63, 3.8) is 0 Å². The molecule has 2 aromatic carbocycles. The van der Waals surface area contributed by atoms with Crippen LogP contribution < -0.4 is 14.8 Å². The first-order chi connectivity index (χ1) is 12.3. The molecule has 3 aromatic rings. The lowest BCUT2D eigenvalue weighted by molar-refractivity contribution is -0.116. The highest BCUT2D eigenvalue weighted by atomic mass is 16.7. The summed E-state index contributed by atoms with van der Waals surface area (Å²) in [4.78, 5) is 12.3. The van der Waals surface area contributed by atoms with E-state index in [2.05, 4.69) is 10.4 Å². The molecule has 0 radical (unpaired) electrons. The van der Waals surface area contributed by atoms with Crippen molar-refractivity contribution in [1.82, 2.24) is 9.78 Å². The topological polar surface area (TPSA) is 65.4 Å². The molecule has 1 N–H and O–H groups in total. The molecule has 0 fully saturated rings. The smallest absolute Gasteiger partial charge is 0.231 e. The van der Waals surface area contributed by atoms with Crippen LogP contribution in [0.15, 0.2) is 54.7 Å². The highest BCUT2D eigenvalue weighted by Crippen LogP contribution is 2.44. The summed E-state index contributed by atoms with van der Waals surface area (Å²) in [5.41, 5.74) is 3.73. The van der Waals surface area contributed by atoms with Gasteiger partial charge in [0, 0.05) is 30.3 Å². The van der Waals surface area contributed by atoms with E-state index in [0.717, 1.165) is 22.6 Å². The second-order valence-electron chi connectivity index (χ2n) is 6.10. The SMILES string of the molecule is O=C1CC(c2ccnn2-c2ccccc2)c2cc3c(cc2N1)OCO3. The molecule has 0 aliphatic carbocycles. The maximum absolute atomic E-state index is 12.3. The Bertz CT molecular complexity index is 965. The number of hydrogen-bond donors (Lipinski definition) is 1. The van der Waals surface area contributed by atoms with E-state index in [-0.39, 0.29) is 18.6 Å². The van der Waals surface area contributed by atoms with Gasteiger partial charge < -0.3 is 14.8 Å². The van der Waals surface area contributed by atoms with Gasteiger partial charge in [0.05, 0.1) is 11.4 Å². The first-order valence-corrected chi connectivity index (χ1v) is 8.12. The van der Waals surface area contributed by atoms with E-state index in [4.69, 9.17) is 9.47 Å². The van der Waals surface area contributed by atoms with Gasteiger partial charge in [-0.1, -0.05) is 18.2 Å². The number of aromatic nitrogens is 2. The Morgan fingerprint density at radius 1 is 1.08 bits per heavy atom. The highest BCUT2D eigenvalue weighted by Gasteiger charge is 2.31. The number of carbonyl (C=O) groups excluding carboxylic acids is 1. The van der Waals surface area contributed by atoms with Gasteiger partial charge in [0.2, 0.25) is 12.7 Å². The van der Waals surface area contributed by atoms with Crippen molar-refractivity contribution in [1.29, 1.82) is 0 Å². The minimum Gasteiger partial charge on any atom is -0.454 e.